The number of hydrogen-bond acceptors (Lipinski definition) is 4. The zero-order chi connectivity index (χ0) is 19.6. The second-order valence-electron chi connectivity index (χ2n) is 5.53. The number of carbonyl (C=O) groups is 3. The molecule has 2 N–H and O–H groups in total. The van der Waals surface area contributed by atoms with E-state index in [1.54, 1.807) is 18.2 Å². The number of imide groups is 2. The molecule has 2 aromatic rings. The Morgan fingerprint density at radius 2 is 1.56 bits per heavy atom. The first kappa shape index (κ1) is 19.2. The molecule has 2 aromatic carbocycles. The number of urea groups is 1. The van der Waals surface area contributed by atoms with Crippen molar-refractivity contribution >= 4 is 58.7 Å². The highest BCUT2D eigenvalue weighted by Crippen LogP contribution is 2.35. The normalized spacial score (nSPS) is 13.9. The van der Waals surface area contributed by atoms with Crippen molar-refractivity contribution in [3.8, 4) is 5.75 Å². The van der Waals surface area contributed by atoms with Crippen molar-refractivity contribution in [2.75, 3.05) is 0 Å². The van der Waals surface area contributed by atoms with Crippen LogP contribution in [0.15, 0.2) is 42.0 Å². The fourth-order valence-corrected chi connectivity index (χ4v) is 3.18. The lowest BCUT2D eigenvalue weighted by Crippen LogP contribution is -2.51. The lowest BCUT2D eigenvalue weighted by molar-refractivity contribution is -0.123. The minimum absolute atomic E-state index is 0.198. The van der Waals surface area contributed by atoms with Gasteiger partial charge in [-0.1, -0.05) is 46.9 Å². The first-order valence-electron chi connectivity index (χ1n) is 7.58. The minimum Gasteiger partial charge on any atom is -0.486 e. The second-order valence-corrected chi connectivity index (χ2v) is 6.78. The molecule has 1 saturated heterocycles. The fraction of sp³-hybridized carbons (Fsp3) is 0.0556. The van der Waals surface area contributed by atoms with Gasteiger partial charge in [-0.15, -0.1) is 0 Å². The van der Waals surface area contributed by atoms with Gasteiger partial charge in [0.2, 0.25) is 0 Å². The molecular formula is C18H11Cl3N2O4. The molecule has 6 nitrogen and oxygen atoms in total. The maximum absolute atomic E-state index is 11.8. The summed E-state index contributed by atoms with van der Waals surface area (Å²) in [4.78, 5) is 34.6. The highest BCUT2D eigenvalue weighted by Gasteiger charge is 2.27. The van der Waals surface area contributed by atoms with E-state index < -0.39 is 17.8 Å². The predicted octanol–water partition coefficient (Wildman–Crippen LogP) is 3.98. The van der Waals surface area contributed by atoms with Crippen LogP contribution in [0.25, 0.3) is 6.08 Å². The molecular weight excluding hydrogens is 415 g/mol. The standard InChI is InChI=1S/C18H11Cl3N2O4/c19-11-3-1-2-9(4-11)8-27-15-13(20)6-10(7-14(15)21)5-12-16(24)22-18(26)23-17(12)25/h1-7H,8H2,(H2,22,23,24,25,26). The Balaban J connectivity index is 1.82. The van der Waals surface area contributed by atoms with Crippen LogP contribution >= 0.6 is 34.8 Å². The van der Waals surface area contributed by atoms with E-state index in [1.165, 1.54) is 18.2 Å². The average molecular weight is 426 g/mol. The third kappa shape index (κ3) is 4.60. The summed E-state index contributed by atoms with van der Waals surface area (Å²) in [6.07, 6.45) is 1.27. The average Bonchev–Trinajstić information content (AvgIpc) is 2.57. The van der Waals surface area contributed by atoms with Gasteiger partial charge in [0, 0.05) is 5.02 Å². The number of carbonyl (C=O) groups excluding carboxylic acids is 3. The zero-order valence-corrected chi connectivity index (χ0v) is 15.8. The Morgan fingerprint density at radius 1 is 0.926 bits per heavy atom. The van der Waals surface area contributed by atoms with E-state index in [-0.39, 0.29) is 28.0 Å². The molecule has 27 heavy (non-hydrogen) atoms. The van der Waals surface area contributed by atoms with Gasteiger partial charge in [-0.2, -0.15) is 0 Å². The molecule has 0 unspecified atom stereocenters. The Bertz CT molecular complexity index is 943. The number of benzene rings is 2. The van der Waals surface area contributed by atoms with Gasteiger partial charge in [-0.25, -0.2) is 4.79 Å². The van der Waals surface area contributed by atoms with Crippen molar-refractivity contribution in [3.05, 3.63) is 68.2 Å². The molecule has 4 amide bonds. The van der Waals surface area contributed by atoms with E-state index >= 15 is 0 Å². The highest BCUT2D eigenvalue weighted by molar-refractivity contribution is 6.37. The van der Waals surface area contributed by atoms with Crippen molar-refractivity contribution in [3.63, 3.8) is 0 Å². The van der Waals surface area contributed by atoms with Crippen LogP contribution in [0, 0.1) is 0 Å². The van der Waals surface area contributed by atoms with E-state index in [0.29, 0.717) is 10.6 Å². The maximum atomic E-state index is 11.8. The second kappa shape index (κ2) is 8.00. The number of ether oxygens (including phenoxy) is 1. The van der Waals surface area contributed by atoms with E-state index in [4.69, 9.17) is 39.5 Å². The maximum Gasteiger partial charge on any atom is 0.328 e. The molecule has 1 heterocycles. The molecule has 0 aromatic heterocycles. The number of nitrogens with one attached hydrogen (secondary N) is 2. The Kier molecular flexibility index (Phi) is 5.70. The monoisotopic (exact) mass is 424 g/mol. The van der Waals surface area contributed by atoms with Crippen molar-refractivity contribution in [1.82, 2.24) is 10.6 Å². The predicted molar refractivity (Wildman–Crippen MR) is 102 cm³/mol. The van der Waals surface area contributed by atoms with Crippen LogP contribution in [0.4, 0.5) is 4.79 Å². The van der Waals surface area contributed by atoms with Crippen LogP contribution in [0.5, 0.6) is 5.75 Å². The summed E-state index contributed by atoms with van der Waals surface area (Å²) in [6.45, 7) is 0.202. The third-order valence-corrected chi connectivity index (χ3v) is 4.34. The quantitative estimate of drug-likeness (QED) is 0.573. The van der Waals surface area contributed by atoms with Gasteiger partial charge in [-0.3, -0.25) is 20.2 Å². The topological polar surface area (TPSA) is 84.5 Å². The van der Waals surface area contributed by atoms with Crippen molar-refractivity contribution < 1.29 is 19.1 Å². The molecule has 0 atom stereocenters. The van der Waals surface area contributed by atoms with Crippen LogP contribution in [0.1, 0.15) is 11.1 Å². The lowest BCUT2D eigenvalue weighted by Gasteiger charge is -2.15. The van der Waals surface area contributed by atoms with E-state index in [9.17, 15) is 14.4 Å². The van der Waals surface area contributed by atoms with Crippen LogP contribution in [-0.4, -0.2) is 17.8 Å². The zero-order valence-electron chi connectivity index (χ0n) is 13.5. The third-order valence-electron chi connectivity index (χ3n) is 3.55. The van der Waals surface area contributed by atoms with Crippen molar-refractivity contribution in [1.29, 1.82) is 0 Å². The number of amides is 4. The number of rotatable bonds is 4. The molecule has 1 fully saturated rings. The molecule has 138 valence electrons. The minimum atomic E-state index is -0.872. The number of hydrogen-bond donors (Lipinski definition) is 2. The molecule has 1 aliphatic heterocycles. The van der Waals surface area contributed by atoms with Gasteiger partial charge in [0.05, 0.1) is 10.0 Å². The summed E-state index contributed by atoms with van der Waals surface area (Å²) in [5, 5.41) is 4.95. The van der Waals surface area contributed by atoms with Crippen LogP contribution < -0.4 is 15.4 Å². The van der Waals surface area contributed by atoms with Crippen LogP contribution in [-0.2, 0) is 16.2 Å². The Labute approximate surface area is 169 Å². The molecule has 3 rings (SSSR count). The molecule has 0 saturated carbocycles. The van der Waals surface area contributed by atoms with E-state index in [1.807, 2.05) is 16.7 Å². The van der Waals surface area contributed by atoms with Gasteiger partial charge in [0.25, 0.3) is 11.8 Å². The molecule has 0 aliphatic carbocycles. The Hall–Kier alpha value is -2.54. The summed E-state index contributed by atoms with van der Waals surface area (Å²) >= 11 is 18.4. The summed E-state index contributed by atoms with van der Waals surface area (Å²) in [6, 6.07) is 9.25. The smallest absolute Gasteiger partial charge is 0.328 e. The molecule has 0 bridgehead atoms. The van der Waals surface area contributed by atoms with Gasteiger partial charge >= 0.3 is 6.03 Å². The van der Waals surface area contributed by atoms with Crippen LogP contribution in [0.2, 0.25) is 15.1 Å². The van der Waals surface area contributed by atoms with Crippen LogP contribution in [0.3, 0.4) is 0 Å². The SMILES string of the molecule is O=C1NC(=O)C(=Cc2cc(Cl)c(OCc3cccc(Cl)c3)c(Cl)c2)C(=O)N1. The highest BCUT2D eigenvalue weighted by atomic mass is 35.5. The summed E-state index contributed by atoms with van der Waals surface area (Å²) < 4.78 is 5.66. The van der Waals surface area contributed by atoms with Gasteiger partial charge in [0.15, 0.2) is 5.75 Å². The lowest BCUT2D eigenvalue weighted by atomic mass is 10.1. The van der Waals surface area contributed by atoms with Gasteiger partial charge in [-0.05, 0) is 41.5 Å². The van der Waals surface area contributed by atoms with Gasteiger partial charge in [0.1, 0.15) is 12.2 Å². The fourth-order valence-electron chi connectivity index (χ4n) is 2.36. The number of barbiturate groups is 1. The van der Waals surface area contributed by atoms with E-state index in [2.05, 4.69) is 0 Å². The van der Waals surface area contributed by atoms with Crippen molar-refractivity contribution in [2.24, 2.45) is 0 Å². The van der Waals surface area contributed by atoms with Gasteiger partial charge < -0.3 is 4.74 Å². The number of halogens is 3. The molecule has 0 spiro atoms. The van der Waals surface area contributed by atoms with Crippen molar-refractivity contribution in [2.45, 2.75) is 6.61 Å². The Morgan fingerprint density at radius 3 is 2.15 bits per heavy atom. The summed E-state index contributed by atoms with van der Waals surface area (Å²) in [5.74, 6) is -1.36. The summed E-state index contributed by atoms with van der Waals surface area (Å²) in [5.41, 5.74) is 0.991. The first-order valence-corrected chi connectivity index (χ1v) is 8.71. The molecule has 0 radical (unpaired) electrons. The summed E-state index contributed by atoms with van der Waals surface area (Å²) in [7, 11) is 0. The largest absolute Gasteiger partial charge is 0.486 e. The van der Waals surface area contributed by atoms with E-state index in [0.717, 1.165) is 5.56 Å². The molecule has 1 aliphatic rings. The first-order chi connectivity index (χ1) is 12.8. The molecule has 9 heteroatoms.